The molecular weight excluding hydrogens is 277 g/mol. The van der Waals surface area contributed by atoms with Gasteiger partial charge in [0, 0.05) is 11.0 Å². The van der Waals surface area contributed by atoms with Gasteiger partial charge in [0.1, 0.15) is 5.82 Å². The molecule has 0 aliphatic rings. The summed E-state index contributed by atoms with van der Waals surface area (Å²) >= 11 is 0. The molecule has 0 radical (unpaired) electrons. The summed E-state index contributed by atoms with van der Waals surface area (Å²) in [4.78, 5) is 4.54. The van der Waals surface area contributed by atoms with Crippen LogP contribution in [-0.2, 0) is 0 Å². The van der Waals surface area contributed by atoms with E-state index in [9.17, 15) is 9.50 Å². The number of aliphatic hydroxyl groups excluding tert-OH is 1. The standard InChI is InChI=1S/C19H16FNO/c1-12(14-4-3-5-15(10-14)13(2)22)18-8-6-16-11-17(20)7-9-19(16)21-18/h3-11,13,22H,1H2,2H3. The normalized spacial score (nSPS) is 12.3. The van der Waals surface area contributed by atoms with Crippen LogP contribution in [0.4, 0.5) is 4.39 Å². The van der Waals surface area contributed by atoms with Gasteiger partial charge in [0.15, 0.2) is 0 Å². The maximum Gasteiger partial charge on any atom is 0.123 e. The van der Waals surface area contributed by atoms with Gasteiger partial charge in [-0.3, -0.25) is 0 Å². The van der Waals surface area contributed by atoms with Crippen LogP contribution in [0, 0.1) is 5.82 Å². The van der Waals surface area contributed by atoms with E-state index in [0.29, 0.717) is 0 Å². The fourth-order valence-electron chi connectivity index (χ4n) is 2.40. The number of nitrogens with zero attached hydrogens (tertiary/aromatic N) is 1. The molecule has 2 nitrogen and oxygen atoms in total. The van der Waals surface area contributed by atoms with Gasteiger partial charge in [-0.15, -0.1) is 0 Å². The van der Waals surface area contributed by atoms with Crippen molar-refractivity contribution in [3.05, 3.63) is 83.8 Å². The number of halogens is 1. The Labute approximate surface area is 128 Å². The molecule has 1 atom stereocenters. The molecule has 2 aromatic carbocycles. The van der Waals surface area contributed by atoms with Crippen LogP contribution in [0.2, 0.25) is 0 Å². The van der Waals surface area contributed by atoms with Crippen LogP contribution in [0.1, 0.15) is 29.8 Å². The first-order valence-electron chi connectivity index (χ1n) is 7.08. The Morgan fingerprint density at radius 2 is 1.95 bits per heavy atom. The van der Waals surface area contributed by atoms with Gasteiger partial charge in [-0.05, 0) is 48.4 Å². The Hall–Kier alpha value is -2.52. The number of aromatic nitrogens is 1. The van der Waals surface area contributed by atoms with Gasteiger partial charge in [-0.25, -0.2) is 9.37 Å². The molecule has 0 aliphatic heterocycles. The summed E-state index contributed by atoms with van der Waals surface area (Å²) in [5.41, 5.74) is 3.98. The highest BCUT2D eigenvalue weighted by molar-refractivity contribution is 5.84. The van der Waals surface area contributed by atoms with Gasteiger partial charge in [0.05, 0.1) is 17.3 Å². The lowest BCUT2D eigenvalue weighted by atomic mass is 9.99. The number of fused-ring (bicyclic) bond motifs is 1. The second kappa shape index (κ2) is 5.70. The second-order valence-corrected chi connectivity index (χ2v) is 5.31. The third-order valence-corrected chi connectivity index (χ3v) is 3.68. The van der Waals surface area contributed by atoms with Crippen LogP contribution in [0.15, 0.2) is 61.2 Å². The molecule has 110 valence electrons. The van der Waals surface area contributed by atoms with Crippen LogP contribution >= 0.6 is 0 Å². The predicted octanol–water partition coefficient (Wildman–Crippen LogP) is 4.49. The topological polar surface area (TPSA) is 33.1 Å². The van der Waals surface area contributed by atoms with E-state index < -0.39 is 6.10 Å². The van der Waals surface area contributed by atoms with Crippen molar-refractivity contribution in [2.45, 2.75) is 13.0 Å². The van der Waals surface area contributed by atoms with E-state index >= 15 is 0 Å². The molecular formula is C19H16FNO. The van der Waals surface area contributed by atoms with Crippen molar-refractivity contribution in [2.75, 3.05) is 0 Å². The Bertz CT molecular complexity index is 855. The zero-order chi connectivity index (χ0) is 15.7. The molecule has 0 saturated carbocycles. The Kier molecular flexibility index (Phi) is 3.73. The third-order valence-electron chi connectivity index (χ3n) is 3.68. The van der Waals surface area contributed by atoms with Crippen LogP contribution in [-0.4, -0.2) is 10.1 Å². The largest absolute Gasteiger partial charge is 0.389 e. The van der Waals surface area contributed by atoms with Gasteiger partial charge in [0.2, 0.25) is 0 Å². The molecule has 0 aliphatic carbocycles. The number of hydrogen-bond acceptors (Lipinski definition) is 2. The van der Waals surface area contributed by atoms with Crippen molar-refractivity contribution in [3.63, 3.8) is 0 Å². The van der Waals surface area contributed by atoms with Gasteiger partial charge in [0.25, 0.3) is 0 Å². The molecule has 3 heteroatoms. The maximum atomic E-state index is 13.2. The number of benzene rings is 2. The van der Waals surface area contributed by atoms with E-state index in [0.717, 1.165) is 33.3 Å². The molecule has 1 unspecified atom stereocenters. The van der Waals surface area contributed by atoms with Crippen molar-refractivity contribution >= 4 is 16.5 Å². The molecule has 0 bridgehead atoms. The summed E-state index contributed by atoms with van der Waals surface area (Å²) in [7, 11) is 0. The van der Waals surface area contributed by atoms with Crippen LogP contribution in [0.25, 0.3) is 16.5 Å². The lowest BCUT2D eigenvalue weighted by Crippen LogP contribution is -1.95. The van der Waals surface area contributed by atoms with Crippen molar-refractivity contribution in [1.82, 2.24) is 4.98 Å². The fraction of sp³-hybridized carbons (Fsp3) is 0.105. The van der Waals surface area contributed by atoms with Crippen molar-refractivity contribution in [1.29, 1.82) is 0 Å². The van der Waals surface area contributed by atoms with Gasteiger partial charge >= 0.3 is 0 Å². The summed E-state index contributed by atoms with van der Waals surface area (Å²) in [6.45, 7) is 5.83. The van der Waals surface area contributed by atoms with E-state index in [1.54, 1.807) is 13.0 Å². The zero-order valence-electron chi connectivity index (χ0n) is 12.3. The minimum Gasteiger partial charge on any atom is -0.389 e. The highest BCUT2D eigenvalue weighted by Gasteiger charge is 2.08. The first-order valence-corrected chi connectivity index (χ1v) is 7.08. The van der Waals surface area contributed by atoms with Crippen LogP contribution in [0.3, 0.4) is 0 Å². The van der Waals surface area contributed by atoms with Gasteiger partial charge < -0.3 is 5.11 Å². The monoisotopic (exact) mass is 293 g/mol. The summed E-state index contributed by atoms with van der Waals surface area (Å²) in [6.07, 6.45) is -0.528. The molecule has 3 aromatic rings. The number of aliphatic hydroxyl groups is 1. The van der Waals surface area contributed by atoms with E-state index in [4.69, 9.17) is 0 Å². The zero-order valence-corrected chi connectivity index (χ0v) is 12.3. The first-order chi connectivity index (χ1) is 10.5. The van der Waals surface area contributed by atoms with Crippen LogP contribution < -0.4 is 0 Å². The Morgan fingerprint density at radius 1 is 1.14 bits per heavy atom. The molecule has 22 heavy (non-hydrogen) atoms. The summed E-state index contributed by atoms with van der Waals surface area (Å²) < 4.78 is 13.2. The average molecular weight is 293 g/mol. The summed E-state index contributed by atoms with van der Waals surface area (Å²) in [5, 5.41) is 10.4. The number of rotatable bonds is 3. The molecule has 1 heterocycles. The predicted molar refractivity (Wildman–Crippen MR) is 86.9 cm³/mol. The second-order valence-electron chi connectivity index (χ2n) is 5.31. The molecule has 0 saturated heterocycles. The van der Waals surface area contributed by atoms with E-state index in [-0.39, 0.29) is 5.82 Å². The highest BCUT2D eigenvalue weighted by atomic mass is 19.1. The smallest absolute Gasteiger partial charge is 0.123 e. The van der Waals surface area contributed by atoms with E-state index in [2.05, 4.69) is 11.6 Å². The summed E-state index contributed by atoms with van der Waals surface area (Å²) in [6, 6.07) is 15.8. The molecule has 1 aromatic heterocycles. The lowest BCUT2D eigenvalue weighted by Gasteiger charge is -2.10. The number of hydrogen-bond donors (Lipinski definition) is 1. The van der Waals surface area contributed by atoms with Crippen LogP contribution in [0.5, 0.6) is 0 Å². The molecule has 1 N–H and O–H groups in total. The van der Waals surface area contributed by atoms with E-state index in [1.807, 2.05) is 36.4 Å². The lowest BCUT2D eigenvalue weighted by molar-refractivity contribution is 0.199. The van der Waals surface area contributed by atoms with Crippen molar-refractivity contribution < 1.29 is 9.50 Å². The molecule has 0 fully saturated rings. The van der Waals surface area contributed by atoms with E-state index in [1.165, 1.54) is 12.1 Å². The summed E-state index contributed by atoms with van der Waals surface area (Å²) in [5.74, 6) is -0.273. The van der Waals surface area contributed by atoms with Crippen molar-refractivity contribution in [3.8, 4) is 0 Å². The minimum atomic E-state index is -0.528. The SMILES string of the molecule is C=C(c1cccc(C(C)O)c1)c1ccc2cc(F)ccc2n1. The quantitative estimate of drug-likeness (QED) is 0.772. The van der Waals surface area contributed by atoms with Gasteiger partial charge in [-0.2, -0.15) is 0 Å². The Balaban J connectivity index is 2.01. The minimum absolute atomic E-state index is 0.273. The molecule has 3 rings (SSSR count). The van der Waals surface area contributed by atoms with Gasteiger partial charge in [-0.1, -0.05) is 30.8 Å². The third kappa shape index (κ3) is 2.76. The maximum absolute atomic E-state index is 13.2. The average Bonchev–Trinajstić information content (AvgIpc) is 2.53. The Morgan fingerprint density at radius 3 is 2.73 bits per heavy atom. The van der Waals surface area contributed by atoms with Crippen molar-refractivity contribution in [2.24, 2.45) is 0 Å². The molecule has 0 spiro atoms. The first kappa shape index (κ1) is 14.4. The number of pyridine rings is 1. The highest BCUT2D eigenvalue weighted by Crippen LogP contribution is 2.25. The fourth-order valence-corrected chi connectivity index (χ4v) is 2.40. The molecule has 0 amide bonds.